The van der Waals surface area contributed by atoms with E-state index in [0.717, 1.165) is 94.2 Å². The summed E-state index contributed by atoms with van der Waals surface area (Å²) >= 11 is 2.00. The van der Waals surface area contributed by atoms with E-state index >= 15 is 0 Å². The highest BCUT2D eigenvalue weighted by Gasteiger charge is 2.38. The molecule has 2 nitrogen and oxygen atoms in total. The van der Waals surface area contributed by atoms with Gasteiger partial charge in [0.1, 0.15) is 0 Å². The van der Waals surface area contributed by atoms with E-state index in [1.807, 2.05) is 24.3 Å². The molecule has 0 N–H and O–H groups in total. The molecule has 10 heteroatoms. The third kappa shape index (κ3) is 41.4. The van der Waals surface area contributed by atoms with Gasteiger partial charge in [-0.25, -0.2) is 0 Å². The highest BCUT2D eigenvalue weighted by molar-refractivity contribution is 8.00. The zero-order valence-electron chi connectivity index (χ0n) is 30.8. The maximum atomic E-state index is 12.0. The number of carbonyl (C=O) groups is 2. The van der Waals surface area contributed by atoms with Crippen molar-refractivity contribution in [1.82, 2.24) is 0 Å². The van der Waals surface area contributed by atoms with Crippen molar-refractivity contribution in [3.63, 3.8) is 0 Å². The molecular weight excluding hydrogens is 715 g/mol. The van der Waals surface area contributed by atoms with E-state index in [2.05, 4.69) is 111 Å². The maximum Gasteiger partial charge on any atom is 0.450 e. The zero-order valence-corrected chi connectivity index (χ0v) is 32.4. The van der Waals surface area contributed by atoms with E-state index < -0.39 is 35.4 Å². The molecule has 0 heterocycles. The summed E-state index contributed by atoms with van der Waals surface area (Å²) in [7, 11) is 0. The van der Waals surface area contributed by atoms with Gasteiger partial charge in [0.15, 0.2) is 0 Å². The van der Waals surface area contributed by atoms with Crippen molar-refractivity contribution in [3.8, 4) is 0 Å². The second kappa shape index (κ2) is 37.8. The first-order chi connectivity index (χ1) is 25.0. The fraction of sp³-hybridized carbons (Fsp3) is 0.476. The van der Waals surface area contributed by atoms with Gasteiger partial charge >= 0.3 is 12.4 Å². The average Bonchev–Trinajstić information content (AvgIpc) is 3.09. The van der Waals surface area contributed by atoms with Gasteiger partial charge in [-0.2, -0.15) is 38.1 Å². The summed E-state index contributed by atoms with van der Waals surface area (Å²) < 4.78 is 71.8. The molecule has 0 aromatic rings. The number of Topliss-reactive ketones (excluding diaryl/α,β-unsaturated/α-hetero) is 2. The van der Waals surface area contributed by atoms with Gasteiger partial charge in [0, 0.05) is 5.75 Å². The number of hydrogen-bond acceptors (Lipinski definition) is 4. The van der Waals surface area contributed by atoms with Crippen LogP contribution >= 0.6 is 23.5 Å². The van der Waals surface area contributed by atoms with E-state index in [9.17, 15) is 35.9 Å². The number of halogens is 6. The molecule has 0 aliphatic heterocycles. The predicted octanol–water partition coefficient (Wildman–Crippen LogP) is 14.0. The van der Waals surface area contributed by atoms with Crippen LogP contribution in [0.4, 0.5) is 26.3 Å². The van der Waals surface area contributed by atoms with Crippen molar-refractivity contribution < 1.29 is 35.9 Å². The minimum absolute atomic E-state index is 0.427. The molecule has 0 aliphatic rings. The molecule has 0 atom stereocenters. The van der Waals surface area contributed by atoms with E-state index in [-0.39, 0.29) is 0 Å². The lowest BCUT2D eigenvalue weighted by Gasteiger charge is -2.03. The number of thioether (sulfide) groups is 2. The molecule has 0 radical (unpaired) electrons. The fourth-order valence-corrected chi connectivity index (χ4v) is 5.08. The van der Waals surface area contributed by atoms with Crippen molar-refractivity contribution in [2.75, 3.05) is 23.0 Å². The second-order valence-electron chi connectivity index (χ2n) is 11.0. The average molecular weight is 773 g/mol. The molecule has 0 saturated carbocycles. The summed E-state index contributed by atoms with van der Waals surface area (Å²) in [5, 5.41) is 0. The van der Waals surface area contributed by atoms with Crippen LogP contribution in [0, 0.1) is 0 Å². The Hall–Kier alpha value is -2.98. The van der Waals surface area contributed by atoms with Crippen LogP contribution in [0.1, 0.15) is 90.9 Å². The van der Waals surface area contributed by atoms with Crippen LogP contribution in [0.15, 0.2) is 122 Å². The number of ketones is 2. The van der Waals surface area contributed by atoms with Crippen LogP contribution in [0.5, 0.6) is 0 Å². The Bertz CT molecular complexity index is 1180. The van der Waals surface area contributed by atoms with E-state index in [4.69, 9.17) is 0 Å². The molecule has 292 valence electrons. The lowest BCUT2D eigenvalue weighted by atomic mass is 10.2. The topological polar surface area (TPSA) is 34.1 Å². The number of rotatable bonds is 28. The van der Waals surface area contributed by atoms with Crippen molar-refractivity contribution >= 4 is 35.1 Å². The number of unbranched alkanes of at least 4 members (excludes halogenated alkanes) is 1. The summed E-state index contributed by atoms with van der Waals surface area (Å²) in [6, 6.07) is 0. The van der Waals surface area contributed by atoms with Crippen LogP contribution in [0.2, 0.25) is 0 Å². The smallest absolute Gasteiger partial charge is 0.289 e. The van der Waals surface area contributed by atoms with Crippen LogP contribution in [0.3, 0.4) is 0 Å². The fourth-order valence-electron chi connectivity index (χ4n) is 3.54. The SMILES string of the molecule is CC/C=C\C/C=C\C/C=C\C/C=C\C/C=C\CCSCC(=O)C(F)(F)F.CC/C=C\C/C=C\C/C=C\C/C=C\CC/C=C/CSCC(=O)C(F)(F)F. The predicted molar refractivity (Wildman–Crippen MR) is 215 cm³/mol. The standard InChI is InChI=1S/2C21H29F3OS/c2*1-2-3-4-5-6-7-8-9-10-11-12-13-14-15-16-17-18-26-19-20(25)21(22,23)24/h3-4,6-7,9-10,12-13,16-17H,2,5,8,11,14-15,18-19H2,1H3;3-4,6-7,9-10,12-13,15-16H,2,5,8,11,14,17-19H2,1H3/b4-3-,7-6-,10-9-,13-12-,17-16+;4-3-,7-6-,10-9-,13-12-,16-15-. The minimum Gasteiger partial charge on any atom is -0.289 e. The van der Waals surface area contributed by atoms with Crippen molar-refractivity contribution in [2.24, 2.45) is 0 Å². The quantitative estimate of drug-likeness (QED) is 0.0451. The molecule has 0 saturated heterocycles. The molecular formula is C42H58F6O2S2. The normalized spacial score (nSPS) is 13.4. The Morgan fingerprint density at radius 2 is 0.692 bits per heavy atom. The Balaban J connectivity index is 0. The summed E-state index contributed by atoms with van der Waals surface area (Å²) in [6.45, 7) is 4.25. The lowest BCUT2D eigenvalue weighted by molar-refractivity contribution is -0.167. The van der Waals surface area contributed by atoms with Crippen molar-refractivity contribution in [2.45, 2.75) is 103 Å². The largest absolute Gasteiger partial charge is 0.450 e. The molecule has 0 aromatic heterocycles. The Kier molecular flexibility index (Phi) is 37.1. The number of allylic oxidation sites excluding steroid dienone is 19. The first kappa shape index (κ1) is 51.1. The van der Waals surface area contributed by atoms with Gasteiger partial charge in [0.2, 0.25) is 11.6 Å². The van der Waals surface area contributed by atoms with Gasteiger partial charge in [-0.3, -0.25) is 9.59 Å². The van der Waals surface area contributed by atoms with E-state index in [1.54, 1.807) is 0 Å². The second-order valence-corrected chi connectivity index (χ2v) is 13.1. The lowest BCUT2D eigenvalue weighted by Crippen LogP contribution is -2.24. The molecule has 0 fully saturated rings. The number of alkyl halides is 6. The summed E-state index contributed by atoms with van der Waals surface area (Å²) in [4.78, 5) is 21.3. The number of hydrogen-bond donors (Lipinski definition) is 0. The summed E-state index contributed by atoms with van der Waals surface area (Å²) in [6.07, 6.45) is 43.5. The molecule has 0 spiro atoms. The van der Waals surface area contributed by atoms with Crippen LogP contribution in [-0.2, 0) is 9.59 Å². The molecule has 0 aromatic carbocycles. The maximum absolute atomic E-state index is 12.0. The summed E-state index contributed by atoms with van der Waals surface area (Å²) in [5.41, 5.74) is 0. The van der Waals surface area contributed by atoms with Gasteiger partial charge in [0.05, 0.1) is 11.5 Å². The Morgan fingerprint density at radius 3 is 1.04 bits per heavy atom. The molecule has 52 heavy (non-hydrogen) atoms. The molecule has 0 bridgehead atoms. The van der Waals surface area contributed by atoms with Gasteiger partial charge in [-0.1, -0.05) is 135 Å². The van der Waals surface area contributed by atoms with Gasteiger partial charge in [0.25, 0.3) is 0 Å². The minimum atomic E-state index is -4.71. The molecule has 0 amide bonds. The van der Waals surface area contributed by atoms with E-state index in [0.29, 0.717) is 17.9 Å². The number of carbonyl (C=O) groups excluding carboxylic acids is 2. The van der Waals surface area contributed by atoms with Crippen molar-refractivity contribution in [1.29, 1.82) is 0 Å². The van der Waals surface area contributed by atoms with Crippen LogP contribution in [0.25, 0.3) is 0 Å². The van der Waals surface area contributed by atoms with Crippen LogP contribution < -0.4 is 0 Å². The van der Waals surface area contributed by atoms with Gasteiger partial charge < -0.3 is 0 Å². The Labute approximate surface area is 317 Å². The molecule has 0 rings (SSSR count). The Morgan fingerprint density at radius 1 is 0.404 bits per heavy atom. The van der Waals surface area contributed by atoms with Crippen molar-refractivity contribution in [3.05, 3.63) is 122 Å². The first-order valence-electron chi connectivity index (χ1n) is 17.8. The highest BCUT2D eigenvalue weighted by atomic mass is 32.2. The zero-order chi connectivity index (χ0) is 39.0. The van der Waals surface area contributed by atoms with Gasteiger partial charge in [-0.05, 0) is 82.8 Å². The molecule has 0 unspecified atom stereocenters. The third-order valence-corrected chi connectivity index (χ3v) is 8.17. The van der Waals surface area contributed by atoms with E-state index in [1.165, 1.54) is 0 Å². The highest BCUT2D eigenvalue weighted by Crippen LogP contribution is 2.19. The monoisotopic (exact) mass is 772 g/mol. The first-order valence-corrected chi connectivity index (χ1v) is 20.1. The third-order valence-electron chi connectivity index (χ3n) is 6.28. The summed E-state index contributed by atoms with van der Waals surface area (Å²) in [5.74, 6) is -3.39. The molecule has 0 aliphatic carbocycles. The van der Waals surface area contributed by atoms with Gasteiger partial charge in [-0.15, -0.1) is 11.8 Å². The van der Waals surface area contributed by atoms with Crippen LogP contribution in [-0.4, -0.2) is 46.9 Å².